The van der Waals surface area contributed by atoms with Crippen LogP contribution < -0.4 is 5.32 Å². The molecular weight excluding hydrogens is 280 g/mol. The molecule has 0 aliphatic heterocycles. The Morgan fingerprint density at radius 3 is 2.43 bits per heavy atom. The topological polar surface area (TPSA) is 66.4 Å². The van der Waals surface area contributed by atoms with E-state index in [2.05, 4.69) is 5.32 Å². The summed E-state index contributed by atoms with van der Waals surface area (Å²) in [7, 11) is 0. The molecule has 0 atom stereocenters. The molecule has 0 spiro atoms. The number of carbonyl (C=O) groups is 2. The number of rotatable bonds is 4. The number of aliphatic carboxylic acids is 1. The highest BCUT2D eigenvalue weighted by Gasteiger charge is 2.26. The van der Waals surface area contributed by atoms with Gasteiger partial charge in [0.25, 0.3) is 0 Å². The van der Waals surface area contributed by atoms with Gasteiger partial charge in [-0.25, -0.2) is 8.78 Å². The minimum absolute atomic E-state index is 0.0726. The minimum Gasteiger partial charge on any atom is -0.481 e. The van der Waals surface area contributed by atoms with Gasteiger partial charge in [0.05, 0.1) is 12.3 Å². The van der Waals surface area contributed by atoms with Crippen molar-refractivity contribution in [3.8, 4) is 0 Å². The van der Waals surface area contributed by atoms with E-state index < -0.39 is 17.6 Å². The Balaban J connectivity index is 1.84. The second-order valence-corrected chi connectivity index (χ2v) is 5.37. The number of carbonyl (C=O) groups excluding carboxylic acids is 1. The zero-order valence-corrected chi connectivity index (χ0v) is 11.4. The first kappa shape index (κ1) is 15.4. The molecule has 1 amide bonds. The molecule has 1 fully saturated rings. The molecule has 4 nitrogen and oxygen atoms in total. The third-order valence-electron chi connectivity index (χ3n) is 3.81. The number of nitrogens with one attached hydrogen (secondary N) is 1. The molecule has 21 heavy (non-hydrogen) atoms. The van der Waals surface area contributed by atoms with Crippen molar-refractivity contribution in [3.63, 3.8) is 0 Å². The third kappa shape index (κ3) is 4.24. The number of amides is 1. The smallest absolute Gasteiger partial charge is 0.306 e. The van der Waals surface area contributed by atoms with Gasteiger partial charge in [0.2, 0.25) is 5.91 Å². The fourth-order valence-electron chi connectivity index (χ4n) is 2.60. The zero-order chi connectivity index (χ0) is 15.4. The Morgan fingerprint density at radius 2 is 1.86 bits per heavy atom. The van der Waals surface area contributed by atoms with Crippen molar-refractivity contribution in [2.75, 3.05) is 0 Å². The number of benzene rings is 1. The maximum atomic E-state index is 13.4. The number of carboxylic acid groups (broad SMARTS) is 1. The Labute approximate surface area is 121 Å². The van der Waals surface area contributed by atoms with E-state index in [4.69, 9.17) is 5.11 Å². The molecule has 1 aromatic carbocycles. The van der Waals surface area contributed by atoms with Crippen LogP contribution in [0, 0.1) is 17.6 Å². The van der Waals surface area contributed by atoms with Crippen LogP contribution in [0.25, 0.3) is 0 Å². The van der Waals surface area contributed by atoms with Gasteiger partial charge in [0.15, 0.2) is 0 Å². The summed E-state index contributed by atoms with van der Waals surface area (Å²) in [5.74, 6) is -2.89. The number of halogens is 2. The quantitative estimate of drug-likeness (QED) is 0.896. The molecular formula is C15H17F2NO3. The standard InChI is InChI=1S/C15H17F2NO3/c16-11-4-1-10(13(17)8-11)7-14(19)18-12-5-2-9(3-6-12)15(20)21/h1,4,8-9,12H,2-3,5-7H2,(H,18,19)(H,20,21). The van der Waals surface area contributed by atoms with Crippen molar-refractivity contribution >= 4 is 11.9 Å². The van der Waals surface area contributed by atoms with Crippen LogP contribution in [0.3, 0.4) is 0 Å². The summed E-state index contributed by atoms with van der Waals surface area (Å²) in [5, 5.41) is 11.7. The van der Waals surface area contributed by atoms with E-state index in [0.29, 0.717) is 25.7 Å². The third-order valence-corrected chi connectivity index (χ3v) is 3.81. The largest absolute Gasteiger partial charge is 0.481 e. The second-order valence-electron chi connectivity index (χ2n) is 5.37. The summed E-state index contributed by atoms with van der Waals surface area (Å²) in [6.07, 6.45) is 2.13. The molecule has 114 valence electrons. The van der Waals surface area contributed by atoms with Crippen molar-refractivity contribution < 1.29 is 23.5 Å². The van der Waals surface area contributed by atoms with Crippen LogP contribution in [0.1, 0.15) is 31.2 Å². The van der Waals surface area contributed by atoms with E-state index in [1.54, 1.807) is 0 Å². The molecule has 1 aliphatic carbocycles. The zero-order valence-electron chi connectivity index (χ0n) is 11.4. The summed E-state index contributed by atoms with van der Waals surface area (Å²) in [6.45, 7) is 0. The van der Waals surface area contributed by atoms with Crippen LogP contribution in [0.4, 0.5) is 8.78 Å². The van der Waals surface area contributed by atoms with Crippen LogP contribution >= 0.6 is 0 Å². The van der Waals surface area contributed by atoms with Crippen LogP contribution in [0.5, 0.6) is 0 Å². The maximum Gasteiger partial charge on any atom is 0.306 e. The first-order valence-electron chi connectivity index (χ1n) is 6.92. The molecule has 1 saturated carbocycles. The van der Waals surface area contributed by atoms with Crippen molar-refractivity contribution in [2.24, 2.45) is 5.92 Å². The Kier molecular flexibility index (Phi) is 4.88. The van der Waals surface area contributed by atoms with E-state index in [1.165, 1.54) is 6.07 Å². The number of hydrogen-bond donors (Lipinski definition) is 2. The van der Waals surface area contributed by atoms with Gasteiger partial charge in [-0.15, -0.1) is 0 Å². The highest BCUT2D eigenvalue weighted by Crippen LogP contribution is 2.24. The van der Waals surface area contributed by atoms with Gasteiger partial charge >= 0.3 is 5.97 Å². The van der Waals surface area contributed by atoms with Gasteiger partial charge in [-0.1, -0.05) is 6.07 Å². The van der Waals surface area contributed by atoms with Crippen LogP contribution in [-0.4, -0.2) is 23.0 Å². The van der Waals surface area contributed by atoms with Crippen molar-refractivity contribution in [2.45, 2.75) is 38.1 Å². The lowest BCUT2D eigenvalue weighted by Crippen LogP contribution is -2.39. The van der Waals surface area contributed by atoms with Gasteiger partial charge < -0.3 is 10.4 Å². The molecule has 0 saturated heterocycles. The maximum absolute atomic E-state index is 13.4. The van der Waals surface area contributed by atoms with E-state index in [-0.39, 0.29) is 29.9 Å². The van der Waals surface area contributed by atoms with Crippen LogP contribution in [-0.2, 0) is 16.0 Å². The normalized spacial score (nSPS) is 21.8. The van der Waals surface area contributed by atoms with Crippen molar-refractivity contribution in [1.29, 1.82) is 0 Å². The van der Waals surface area contributed by atoms with Crippen molar-refractivity contribution in [3.05, 3.63) is 35.4 Å². The van der Waals surface area contributed by atoms with E-state index in [1.807, 2.05) is 0 Å². The SMILES string of the molecule is O=C(Cc1ccc(F)cc1F)NC1CCC(C(=O)O)CC1. The Morgan fingerprint density at radius 1 is 1.19 bits per heavy atom. The predicted octanol–water partition coefficient (Wildman–Crippen LogP) is 2.27. The first-order valence-corrected chi connectivity index (χ1v) is 6.92. The molecule has 0 unspecified atom stereocenters. The summed E-state index contributed by atoms with van der Waals surface area (Å²) in [5.41, 5.74) is 0.146. The summed E-state index contributed by atoms with van der Waals surface area (Å²) < 4.78 is 26.2. The number of hydrogen-bond acceptors (Lipinski definition) is 2. The molecule has 0 heterocycles. The van der Waals surface area contributed by atoms with Gasteiger partial charge in [-0.2, -0.15) is 0 Å². The molecule has 1 aliphatic rings. The summed E-state index contributed by atoms with van der Waals surface area (Å²) >= 11 is 0. The van der Waals surface area contributed by atoms with Gasteiger partial charge in [0, 0.05) is 12.1 Å². The summed E-state index contributed by atoms with van der Waals surface area (Å²) in [4.78, 5) is 22.7. The Bertz CT molecular complexity index is 540. The summed E-state index contributed by atoms with van der Waals surface area (Å²) in [6, 6.07) is 3.05. The van der Waals surface area contributed by atoms with Crippen molar-refractivity contribution in [1.82, 2.24) is 5.32 Å². The van der Waals surface area contributed by atoms with Gasteiger partial charge in [-0.3, -0.25) is 9.59 Å². The highest BCUT2D eigenvalue weighted by molar-refractivity contribution is 5.79. The van der Waals surface area contributed by atoms with E-state index >= 15 is 0 Å². The van der Waals surface area contributed by atoms with Crippen LogP contribution in [0.2, 0.25) is 0 Å². The highest BCUT2D eigenvalue weighted by atomic mass is 19.1. The second kappa shape index (κ2) is 6.65. The average molecular weight is 297 g/mol. The fourth-order valence-corrected chi connectivity index (χ4v) is 2.60. The Hall–Kier alpha value is -1.98. The fraction of sp³-hybridized carbons (Fsp3) is 0.467. The lowest BCUT2D eigenvalue weighted by molar-refractivity contribution is -0.142. The molecule has 1 aromatic rings. The van der Waals surface area contributed by atoms with Gasteiger partial charge in [-0.05, 0) is 37.3 Å². The van der Waals surface area contributed by atoms with Crippen LogP contribution in [0.15, 0.2) is 18.2 Å². The van der Waals surface area contributed by atoms with Gasteiger partial charge in [0.1, 0.15) is 11.6 Å². The molecule has 0 bridgehead atoms. The predicted molar refractivity (Wildman–Crippen MR) is 71.6 cm³/mol. The first-order chi connectivity index (χ1) is 9.95. The lowest BCUT2D eigenvalue weighted by Gasteiger charge is -2.26. The molecule has 0 aromatic heterocycles. The average Bonchev–Trinajstić information content (AvgIpc) is 2.42. The van der Waals surface area contributed by atoms with E-state index in [9.17, 15) is 18.4 Å². The molecule has 6 heteroatoms. The minimum atomic E-state index is -0.798. The lowest BCUT2D eigenvalue weighted by atomic mass is 9.86. The monoisotopic (exact) mass is 297 g/mol. The van der Waals surface area contributed by atoms with E-state index in [0.717, 1.165) is 12.1 Å². The molecule has 2 N–H and O–H groups in total. The number of carboxylic acids is 1. The molecule has 0 radical (unpaired) electrons. The molecule has 2 rings (SSSR count).